The van der Waals surface area contributed by atoms with Crippen molar-refractivity contribution < 1.29 is 48.0 Å². The fraction of sp³-hybridized carbons (Fsp3) is 0.176. The van der Waals surface area contributed by atoms with E-state index >= 15 is 0 Å². The third-order valence-corrected chi connectivity index (χ3v) is 10.3. The monoisotopic (exact) mass is 536 g/mol. The predicted octanol–water partition coefficient (Wildman–Crippen LogP) is -0.102. The van der Waals surface area contributed by atoms with Crippen LogP contribution in [0.5, 0.6) is 0 Å². The standard InChI is InChI=1S/C12H8IS.C5H5.2ClH.Zr/c1-7-5-8-11(6-7)14-10-4-2-3-9(13)12(8)10;1-2-4-5-3-1;;;/h2-6H,1H3;1-3H,4H2;2*1H;/q;;;;+2/p-2. The molecule has 0 N–H and O–H groups in total. The van der Waals surface area contributed by atoms with E-state index in [1.165, 1.54) is 19.6 Å². The Kier molecular flexibility index (Phi) is 6.58. The SMILES string of the molecule is CC1=Cc2sc3cccc(I)c3c2[CH]1[Zr+2][C]1=CC=CC1.[Cl-].[Cl-]. The molecule has 0 radical (unpaired) electrons. The maximum absolute atomic E-state index is 2.51. The van der Waals surface area contributed by atoms with Crippen LogP contribution in [0.4, 0.5) is 0 Å². The minimum absolute atomic E-state index is 0. The number of benzene rings is 1. The second kappa shape index (κ2) is 7.65. The fourth-order valence-corrected chi connectivity index (χ4v) is 9.31. The normalized spacial score (nSPS) is 18.2. The van der Waals surface area contributed by atoms with Crippen LogP contribution >= 0.6 is 33.9 Å². The van der Waals surface area contributed by atoms with Crippen molar-refractivity contribution in [3.8, 4) is 0 Å². The van der Waals surface area contributed by atoms with E-state index in [9.17, 15) is 0 Å². The van der Waals surface area contributed by atoms with Gasteiger partial charge in [-0.25, -0.2) is 0 Å². The molecule has 1 atom stereocenters. The average Bonchev–Trinajstić information content (AvgIpc) is 3.08. The summed E-state index contributed by atoms with van der Waals surface area (Å²) >= 11 is 3.93. The van der Waals surface area contributed by atoms with E-state index in [0.29, 0.717) is 0 Å². The van der Waals surface area contributed by atoms with Crippen molar-refractivity contribution in [2.24, 2.45) is 0 Å². The van der Waals surface area contributed by atoms with Crippen LogP contribution in [0.2, 0.25) is 0 Å². The molecule has 0 spiro atoms. The minimum Gasteiger partial charge on any atom is -1.00 e. The van der Waals surface area contributed by atoms with Gasteiger partial charge in [-0.3, -0.25) is 0 Å². The zero-order chi connectivity index (χ0) is 13.7. The fourth-order valence-electron chi connectivity index (χ4n) is 2.98. The molecule has 0 amide bonds. The van der Waals surface area contributed by atoms with E-state index in [1.807, 2.05) is 11.3 Å². The molecule has 1 aromatic heterocycles. The predicted molar refractivity (Wildman–Crippen MR) is 92.8 cm³/mol. The van der Waals surface area contributed by atoms with Crippen LogP contribution in [0, 0.1) is 3.57 Å². The van der Waals surface area contributed by atoms with Crippen molar-refractivity contribution >= 4 is 50.1 Å². The number of allylic oxidation sites excluding steroid dienone is 5. The first-order chi connectivity index (χ1) is 9.74. The van der Waals surface area contributed by atoms with Crippen LogP contribution in [-0.2, 0) is 23.2 Å². The van der Waals surface area contributed by atoms with Gasteiger partial charge in [-0.05, 0) is 0 Å². The van der Waals surface area contributed by atoms with Crippen molar-refractivity contribution in [3.05, 3.63) is 59.3 Å². The van der Waals surface area contributed by atoms with Crippen LogP contribution in [0.3, 0.4) is 0 Å². The summed E-state index contributed by atoms with van der Waals surface area (Å²) in [5.74, 6) is 0. The molecule has 2 aliphatic rings. The van der Waals surface area contributed by atoms with Gasteiger partial charge >= 0.3 is 150 Å². The second-order valence-electron chi connectivity index (χ2n) is 5.28. The van der Waals surface area contributed by atoms with Gasteiger partial charge in [0, 0.05) is 0 Å². The summed E-state index contributed by atoms with van der Waals surface area (Å²) in [6.07, 6.45) is 10.6. The second-order valence-corrected chi connectivity index (χ2v) is 11.2. The Morgan fingerprint density at radius 2 is 2.09 bits per heavy atom. The number of rotatable bonds is 2. The van der Waals surface area contributed by atoms with E-state index in [-0.39, 0.29) is 24.8 Å². The van der Waals surface area contributed by atoms with Crippen molar-refractivity contribution in [1.82, 2.24) is 0 Å². The van der Waals surface area contributed by atoms with E-state index in [0.717, 1.165) is 3.63 Å². The van der Waals surface area contributed by atoms with Crippen molar-refractivity contribution in [2.45, 2.75) is 17.0 Å². The van der Waals surface area contributed by atoms with Gasteiger partial charge in [0.05, 0.1) is 0 Å². The maximum Gasteiger partial charge on any atom is -1.00 e. The molecule has 22 heavy (non-hydrogen) atoms. The van der Waals surface area contributed by atoms with E-state index in [4.69, 9.17) is 0 Å². The first-order valence-corrected chi connectivity index (χ1v) is 11.3. The Balaban J connectivity index is 0.000000882. The van der Waals surface area contributed by atoms with Gasteiger partial charge in [0.2, 0.25) is 0 Å². The molecule has 2 aliphatic carbocycles. The van der Waals surface area contributed by atoms with Crippen LogP contribution in [0.15, 0.2) is 45.3 Å². The zero-order valence-corrected chi connectivity index (χ0v) is 18.8. The molecule has 0 nitrogen and oxygen atoms in total. The molecule has 1 unspecified atom stereocenters. The average molecular weight is 538 g/mol. The van der Waals surface area contributed by atoms with Gasteiger partial charge in [-0.15, -0.1) is 0 Å². The molecule has 0 aliphatic heterocycles. The van der Waals surface area contributed by atoms with Crippen LogP contribution < -0.4 is 24.8 Å². The Morgan fingerprint density at radius 1 is 1.27 bits per heavy atom. The Labute approximate surface area is 172 Å². The van der Waals surface area contributed by atoms with E-state index < -0.39 is 23.2 Å². The van der Waals surface area contributed by atoms with Gasteiger partial charge in [0.25, 0.3) is 0 Å². The molecular weight excluding hydrogens is 525 g/mol. The van der Waals surface area contributed by atoms with Crippen LogP contribution in [-0.4, -0.2) is 0 Å². The molecule has 4 rings (SSSR count). The summed E-state index contributed by atoms with van der Waals surface area (Å²) in [5, 5.41) is 1.54. The molecule has 0 saturated heterocycles. The Bertz CT molecular complexity index is 804. The maximum atomic E-state index is 2.51. The first kappa shape index (κ1) is 18.9. The van der Waals surface area contributed by atoms with Crippen LogP contribution in [0.1, 0.15) is 27.4 Å². The zero-order valence-electron chi connectivity index (χ0n) is 11.9. The number of hydrogen-bond donors (Lipinski definition) is 0. The molecule has 1 aromatic carbocycles. The topological polar surface area (TPSA) is 0 Å². The van der Waals surface area contributed by atoms with Gasteiger partial charge in [-0.1, -0.05) is 0 Å². The summed E-state index contributed by atoms with van der Waals surface area (Å²) in [5.41, 5.74) is 3.26. The molecule has 0 fully saturated rings. The van der Waals surface area contributed by atoms with E-state index in [1.54, 1.807) is 19.8 Å². The summed E-state index contributed by atoms with van der Waals surface area (Å²) in [4.78, 5) is 1.53. The number of thiophene rings is 1. The Hall–Kier alpha value is 0.593. The quantitative estimate of drug-likeness (QED) is 0.469. The molecule has 1 heterocycles. The first-order valence-electron chi connectivity index (χ1n) is 6.75. The number of fused-ring (bicyclic) bond motifs is 3. The smallest absolute Gasteiger partial charge is 1.00 e. The van der Waals surface area contributed by atoms with Crippen molar-refractivity contribution in [1.29, 1.82) is 0 Å². The third-order valence-electron chi connectivity index (χ3n) is 3.93. The van der Waals surface area contributed by atoms with Gasteiger partial charge in [0.1, 0.15) is 0 Å². The Morgan fingerprint density at radius 3 is 2.82 bits per heavy atom. The van der Waals surface area contributed by atoms with Gasteiger partial charge < -0.3 is 24.8 Å². The molecular formula is C17H13Cl2ISZr. The molecule has 112 valence electrons. The van der Waals surface area contributed by atoms with Gasteiger partial charge in [-0.2, -0.15) is 0 Å². The summed E-state index contributed by atoms with van der Waals surface area (Å²) < 4.78 is 5.38. The minimum atomic E-state index is -0.550. The largest absolute Gasteiger partial charge is 1.00 e. The molecule has 2 aromatic rings. The summed E-state index contributed by atoms with van der Waals surface area (Å²) in [6, 6.07) is 6.72. The van der Waals surface area contributed by atoms with Gasteiger partial charge in [0.15, 0.2) is 0 Å². The van der Waals surface area contributed by atoms with Crippen LogP contribution in [0.25, 0.3) is 16.2 Å². The molecule has 0 saturated carbocycles. The van der Waals surface area contributed by atoms with E-state index in [2.05, 4.69) is 72.0 Å². The molecule has 5 heteroatoms. The van der Waals surface area contributed by atoms with Crippen molar-refractivity contribution in [3.63, 3.8) is 0 Å². The summed E-state index contributed by atoms with van der Waals surface area (Å²) in [6.45, 7) is 2.34. The summed E-state index contributed by atoms with van der Waals surface area (Å²) in [7, 11) is 0. The third kappa shape index (κ3) is 3.21. The number of hydrogen-bond acceptors (Lipinski definition) is 1. The number of halogens is 3. The van der Waals surface area contributed by atoms with Crippen molar-refractivity contribution in [2.75, 3.05) is 0 Å². The molecule has 0 bridgehead atoms.